The van der Waals surface area contributed by atoms with Crippen LogP contribution in [0.25, 0.3) is 0 Å². The molecule has 0 N–H and O–H groups in total. The van der Waals surface area contributed by atoms with Crippen LogP contribution in [0.4, 0.5) is 0 Å². The molecule has 1 amide bonds. The van der Waals surface area contributed by atoms with Crippen molar-refractivity contribution in [3.8, 4) is 6.07 Å². The van der Waals surface area contributed by atoms with Crippen molar-refractivity contribution >= 4 is 5.91 Å². The van der Waals surface area contributed by atoms with Crippen LogP contribution in [0, 0.1) is 11.3 Å². The lowest BCUT2D eigenvalue weighted by Crippen LogP contribution is -2.26. The summed E-state index contributed by atoms with van der Waals surface area (Å²) >= 11 is 0. The maximum absolute atomic E-state index is 12.2. The number of nitriles is 1. The Morgan fingerprint density at radius 2 is 2.05 bits per heavy atom. The quantitative estimate of drug-likeness (QED) is 0.840. The molecule has 94 valence electrons. The van der Waals surface area contributed by atoms with Gasteiger partial charge in [0.1, 0.15) is 6.07 Å². The molecule has 1 aromatic heterocycles. The van der Waals surface area contributed by atoms with E-state index < -0.39 is 0 Å². The van der Waals surface area contributed by atoms with E-state index in [1.54, 1.807) is 18.0 Å². The number of carbonyl (C=O) groups excluding carboxylic acids is 1. The molecule has 0 aliphatic heterocycles. The van der Waals surface area contributed by atoms with Gasteiger partial charge in [0.25, 0.3) is 5.91 Å². The van der Waals surface area contributed by atoms with Gasteiger partial charge < -0.3 is 4.90 Å². The summed E-state index contributed by atoms with van der Waals surface area (Å²) in [5.41, 5.74) is 1.87. The van der Waals surface area contributed by atoms with E-state index in [0.29, 0.717) is 17.7 Å². The number of benzene rings is 1. The summed E-state index contributed by atoms with van der Waals surface area (Å²) in [5, 5.41) is 8.80. The Kier molecular flexibility index (Phi) is 3.89. The Morgan fingerprint density at radius 1 is 1.32 bits per heavy atom. The highest BCUT2D eigenvalue weighted by atomic mass is 16.2. The van der Waals surface area contributed by atoms with Crippen LogP contribution in [0.3, 0.4) is 0 Å². The standard InChI is InChI=1S/C15H13N3O/c1-18(11-12-5-3-2-4-6-12)15(19)14-7-13(8-16)9-17-10-14/h2-7,9-10H,11H2,1H3. The summed E-state index contributed by atoms with van der Waals surface area (Å²) in [4.78, 5) is 17.7. The number of rotatable bonds is 3. The third-order valence-corrected chi connectivity index (χ3v) is 2.72. The first-order valence-corrected chi connectivity index (χ1v) is 5.85. The molecule has 0 atom stereocenters. The molecule has 1 heterocycles. The van der Waals surface area contributed by atoms with Crippen LogP contribution in [0.5, 0.6) is 0 Å². The fraction of sp³-hybridized carbons (Fsp3) is 0.133. The van der Waals surface area contributed by atoms with Gasteiger partial charge in [-0.15, -0.1) is 0 Å². The number of nitrogens with zero attached hydrogens (tertiary/aromatic N) is 3. The molecule has 19 heavy (non-hydrogen) atoms. The Labute approximate surface area is 111 Å². The van der Waals surface area contributed by atoms with Gasteiger partial charge in [0.05, 0.1) is 11.1 Å². The summed E-state index contributed by atoms with van der Waals surface area (Å²) < 4.78 is 0. The van der Waals surface area contributed by atoms with Gasteiger partial charge >= 0.3 is 0 Å². The van der Waals surface area contributed by atoms with Gasteiger partial charge in [-0.25, -0.2) is 0 Å². The van der Waals surface area contributed by atoms with E-state index in [-0.39, 0.29) is 5.91 Å². The van der Waals surface area contributed by atoms with Gasteiger partial charge in [0, 0.05) is 26.0 Å². The topological polar surface area (TPSA) is 57.0 Å². The number of hydrogen-bond acceptors (Lipinski definition) is 3. The minimum Gasteiger partial charge on any atom is -0.337 e. The number of amides is 1. The van der Waals surface area contributed by atoms with E-state index in [1.165, 1.54) is 12.4 Å². The normalized spacial score (nSPS) is 9.68. The van der Waals surface area contributed by atoms with Crippen molar-refractivity contribution in [1.82, 2.24) is 9.88 Å². The SMILES string of the molecule is CN(Cc1ccccc1)C(=O)c1cncc(C#N)c1. The molecule has 0 aliphatic carbocycles. The molecular weight excluding hydrogens is 238 g/mol. The van der Waals surface area contributed by atoms with Crippen molar-refractivity contribution < 1.29 is 4.79 Å². The van der Waals surface area contributed by atoms with Crippen molar-refractivity contribution in [1.29, 1.82) is 5.26 Å². The van der Waals surface area contributed by atoms with E-state index in [1.807, 2.05) is 36.4 Å². The van der Waals surface area contributed by atoms with E-state index in [2.05, 4.69) is 4.98 Å². The molecule has 0 fully saturated rings. The second-order valence-corrected chi connectivity index (χ2v) is 4.22. The molecule has 4 heteroatoms. The number of pyridine rings is 1. The van der Waals surface area contributed by atoms with E-state index in [9.17, 15) is 4.79 Å². The smallest absolute Gasteiger partial charge is 0.255 e. The van der Waals surface area contributed by atoms with Gasteiger partial charge in [-0.1, -0.05) is 30.3 Å². The monoisotopic (exact) mass is 251 g/mol. The fourth-order valence-electron chi connectivity index (χ4n) is 1.77. The van der Waals surface area contributed by atoms with Crippen LogP contribution in [0.2, 0.25) is 0 Å². The van der Waals surface area contributed by atoms with Crippen molar-refractivity contribution in [2.45, 2.75) is 6.54 Å². The predicted molar refractivity (Wildman–Crippen MR) is 71.2 cm³/mol. The lowest BCUT2D eigenvalue weighted by atomic mass is 10.1. The lowest BCUT2D eigenvalue weighted by molar-refractivity contribution is 0.0784. The van der Waals surface area contributed by atoms with Crippen molar-refractivity contribution in [3.05, 3.63) is 65.5 Å². The largest absolute Gasteiger partial charge is 0.337 e. The van der Waals surface area contributed by atoms with Crippen LogP contribution >= 0.6 is 0 Å². The van der Waals surface area contributed by atoms with Gasteiger partial charge in [0.15, 0.2) is 0 Å². The molecule has 1 aromatic carbocycles. The molecule has 0 spiro atoms. The van der Waals surface area contributed by atoms with Gasteiger partial charge in [-0.3, -0.25) is 9.78 Å². The maximum Gasteiger partial charge on any atom is 0.255 e. The molecule has 0 bridgehead atoms. The molecular formula is C15H13N3O. The van der Waals surface area contributed by atoms with Crippen LogP contribution in [0.15, 0.2) is 48.8 Å². The molecule has 4 nitrogen and oxygen atoms in total. The second-order valence-electron chi connectivity index (χ2n) is 4.22. The van der Waals surface area contributed by atoms with Crippen molar-refractivity contribution in [2.75, 3.05) is 7.05 Å². The first-order chi connectivity index (χ1) is 9.20. The Bertz CT molecular complexity index is 617. The number of hydrogen-bond donors (Lipinski definition) is 0. The lowest BCUT2D eigenvalue weighted by Gasteiger charge is -2.17. The third-order valence-electron chi connectivity index (χ3n) is 2.72. The molecule has 0 aliphatic rings. The highest BCUT2D eigenvalue weighted by Crippen LogP contribution is 2.08. The van der Waals surface area contributed by atoms with E-state index in [4.69, 9.17) is 5.26 Å². The van der Waals surface area contributed by atoms with Crippen LogP contribution in [-0.2, 0) is 6.54 Å². The molecule has 2 rings (SSSR count). The van der Waals surface area contributed by atoms with Crippen LogP contribution in [0.1, 0.15) is 21.5 Å². The average Bonchev–Trinajstić information content (AvgIpc) is 2.47. The van der Waals surface area contributed by atoms with E-state index in [0.717, 1.165) is 5.56 Å². The zero-order chi connectivity index (χ0) is 13.7. The summed E-state index contributed by atoms with van der Waals surface area (Å²) in [7, 11) is 1.73. The molecule has 0 saturated heterocycles. The Hall–Kier alpha value is -2.67. The zero-order valence-corrected chi connectivity index (χ0v) is 10.6. The first-order valence-electron chi connectivity index (χ1n) is 5.85. The van der Waals surface area contributed by atoms with Gasteiger partial charge in [-0.2, -0.15) is 5.26 Å². The minimum absolute atomic E-state index is 0.145. The summed E-state index contributed by atoms with van der Waals surface area (Å²) in [5.74, 6) is -0.145. The van der Waals surface area contributed by atoms with E-state index >= 15 is 0 Å². The Morgan fingerprint density at radius 3 is 2.74 bits per heavy atom. The first kappa shape index (κ1) is 12.8. The highest BCUT2D eigenvalue weighted by molar-refractivity contribution is 5.94. The molecule has 2 aromatic rings. The number of carbonyl (C=O) groups is 1. The average molecular weight is 251 g/mol. The van der Waals surface area contributed by atoms with Gasteiger partial charge in [0.2, 0.25) is 0 Å². The molecule has 0 radical (unpaired) electrons. The maximum atomic E-state index is 12.2. The molecule has 0 saturated carbocycles. The second kappa shape index (κ2) is 5.78. The van der Waals surface area contributed by atoms with Crippen LogP contribution in [-0.4, -0.2) is 22.8 Å². The summed E-state index contributed by atoms with van der Waals surface area (Å²) in [6, 6.07) is 13.3. The molecule has 0 unspecified atom stereocenters. The summed E-state index contributed by atoms with van der Waals surface area (Å²) in [6.45, 7) is 0.524. The van der Waals surface area contributed by atoms with Crippen LogP contribution < -0.4 is 0 Å². The van der Waals surface area contributed by atoms with Crippen molar-refractivity contribution in [3.63, 3.8) is 0 Å². The summed E-state index contributed by atoms with van der Waals surface area (Å²) in [6.07, 6.45) is 2.92. The highest BCUT2D eigenvalue weighted by Gasteiger charge is 2.12. The predicted octanol–water partition coefficient (Wildman–Crippen LogP) is 2.23. The number of aromatic nitrogens is 1. The fourth-order valence-corrected chi connectivity index (χ4v) is 1.77. The zero-order valence-electron chi connectivity index (χ0n) is 10.6. The van der Waals surface area contributed by atoms with Crippen molar-refractivity contribution in [2.24, 2.45) is 0 Å². The third kappa shape index (κ3) is 3.17. The van der Waals surface area contributed by atoms with Gasteiger partial charge in [-0.05, 0) is 11.6 Å². The Balaban J connectivity index is 2.13. The minimum atomic E-state index is -0.145.